The van der Waals surface area contributed by atoms with Gasteiger partial charge in [0.2, 0.25) is 0 Å². The molecule has 0 saturated carbocycles. The van der Waals surface area contributed by atoms with E-state index in [1.807, 2.05) is 6.07 Å². The molecule has 1 aromatic carbocycles. The Morgan fingerprint density at radius 3 is 2.90 bits per heavy atom. The number of hydrogen-bond donors (Lipinski definition) is 2. The number of anilines is 1. The van der Waals surface area contributed by atoms with Gasteiger partial charge in [0, 0.05) is 18.2 Å². The van der Waals surface area contributed by atoms with Crippen LogP contribution >= 0.6 is 0 Å². The fourth-order valence-corrected chi connectivity index (χ4v) is 2.88. The molecule has 1 heterocycles. The Morgan fingerprint density at radius 1 is 1.50 bits per heavy atom. The number of rotatable bonds is 4. The lowest BCUT2D eigenvalue weighted by atomic mass is 9.77. The van der Waals surface area contributed by atoms with Gasteiger partial charge in [0.15, 0.2) is 0 Å². The van der Waals surface area contributed by atoms with Crippen LogP contribution in [-0.2, 0) is 0 Å². The Bertz CT molecular complexity index is 500. The van der Waals surface area contributed by atoms with Gasteiger partial charge in [0.05, 0.1) is 4.92 Å². The maximum Gasteiger partial charge on any atom is 0.295 e. The highest BCUT2D eigenvalue weighted by Gasteiger charge is 2.32. The molecule has 0 bridgehead atoms. The lowest BCUT2D eigenvalue weighted by molar-refractivity contribution is -0.384. The predicted molar refractivity (Wildman–Crippen MR) is 81.1 cm³/mol. The van der Waals surface area contributed by atoms with Gasteiger partial charge in [-0.15, -0.1) is 0 Å². The molecule has 1 atom stereocenters. The van der Waals surface area contributed by atoms with E-state index in [9.17, 15) is 10.1 Å². The van der Waals surface area contributed by atoms with Crippen LogP contribution in [0, 0.1) is 22.5 Å². The molecule has 0 aromatic heterocycles. The number of benzene rings is 1. The number of nitrogens with one attached hydrogen (secondary N) is 2. The van der Waals surface area contributed by atoms with E-state index in [2.05, 4.69) is 24.5 Å². The van der Waals surface area contributed by atoms with Crippen LogP contribution < -0.4 is 10.6 Å². The van der Waals surface area contributed by atoms with Gasteiger partial charge < -0.3 is 10.6 Å². The predicted octanol–water partition coefficient (Wildman–Crippen LogP) is 3.09. The summed E-state index contributed by atoms with van der Waals surface area (Å²) >= 11 is 0. The molecule has 1 saturated heterocycles. The minimum Gasteiger partial charge on any atom is -0.378 e. The van der Waals surface area contributed by atoms with E-state index in [-0.39, 0.29) is 16.0 Å². The lowest BCUT2D eigenvalue weighted by Crippen LogP contribution is -2.50. The smallest absolute Gasteiger partial charge is 0.295 e. The minimum atomic E-state index is -0.308. The van der Waals surface area contributed by atoms with Crippen molar-refractivity contribution in [1.29, 1.82) is 0 Å². The third kappa shape index (κ3) is 3.10. The Labute approximate surface area is 119 Å². The Morgan fingerprint density at radius 2 is 2.25 bits per heavy atom. The topological polar surface area (TPSA) is 67.2 Å². The van der Waals surface area contributed by atoms with Crippen LogP contribution in [0.4, 0.5) is 11.4 Å². The average Bonchev–Trinajstić information content (AvgIpc) is 2.36. The Hall–Kier alpha value is -1.62. The van der Waals surface area contributed by atoms with E-state index < -0.39 is 0 Å². The molecule has 1 aliphatic heterocycles. The fourth-order valence-electron chi connectivity index (χ4n) is 2.88. The fraction of sp³-hybridized carbons (Fsp3) is 0.600. The number of piperidine rings is 1. The first-order valence-electron chi connectivity index (χ1n) is 7.13. The lowest BCUT2D eigenvalue weighted by Gasteiger charge is -2.39. The molecule has 1 aliphatic rings. The normalized spacial score (nSPS) is 21.4. The van der Waals surface area contributed by atoms with Crippen LogP contribution in [0.15, 0.2) is 18.2 Å². The van der Waals surface area contributed by atoms with E-state index in [4.69, 9.17) is 0 Å². The number of aryl methyl sites for hydroxylation is 1. The van der Waals surface area contributed by atoms with Crippen molar-refractivity contribution in [1.82, 2.24) is 5.32 Å². The van der Waals surface area contributed by atoms with E-state index in [0.29, 0.717) is 23.8 Å². The van der Waals surface area contributed by atoms with Crippen molar-refractivity contribution in [2.75, 3.05) is 18.4 Å². The van der Waals surface area contributed by atoms with Crippen molar-refractivity contribution < 1.29 is 4.92 Å². The molecule has 5 nitrogen and oxygen atoms in total. The van der Waals surface area contributed by atoms with Crippen LogP contribution in [0.3, 0.4) is 0 Å². The highest BCUT2D eigenvalue weighted by atomic mass is 16.6. The summed E-state index contributed by atoms with van der Waals surface area (Å²) in [5.74, 6) is 0. The molecule has 0 radical (unpaired) electrons. The number of hydrogen-bond acceptors (Lipinski definition) is 4. The third-order valence-corrected chi connectivity index (χ3v) is 4.25. The monoisotopic (exact) mass is 277 g/mol. The molecule has 5 heteroatoms. The van der Waals surface area contributed by atoms with Crippen LogP contribution in [0.2, 0.25) is 0 Å². The molecular formula is C15H23N3O2. The molecule has 1 aromatic rings. The summed E-state index contributed by atoms with van der Waals surface area (Å²) in [6.07, 6.45) is 2.37. The zero-order valence-corrected chi connectivity index (χ0v) is 12.4. The minimum absolute atomic E-state index is 0.182. The highest BCUT2D eigenvalue weighted by Crippen LogP contribution is 2.32. The van der Waals surface area contributed by atoms with Crippen LogP contribution in [-0.4, -0.2) is 24.1 Å². The van der Waals surface area contributed by atoms with Crippen molar-refractivity contribution in [2.24, 2.45) is 5.41 Å². The maximum atomic E-state index is 11.2. The van der Waals surface area contributed by atoms with Gasteiger partial charge >= 0.3 is 0 Å². The third-order valence-electron chi connectivity index (χ3n) is 4.25. The highest BCUT2D eigenvalue weighted by molar-refractivity contribution is 5.65. The maximum absolute atomic E-state index is 11.2. The number of nitrogens with zero attached hydrogens (tertiary/aromatic N) is 1. The molecule has 0 spiro atoms. The van der Waals surface area contributed by atoms with E-state index in [0.717, 1.165) is 6.54 Å². The molecule has 2 N–H and O–H groups in total. The second-order valence-electron chi connectivity index (χ2n) is 6.21. The molecule has 0 amide bonds. The molecule has 0 aliphatic carbocycles. The van der Waals surface area contributed by atoms with Gasteiger partial charge in [-0.25, -0.2) is 0 Å². The number of nitro groups is 1. The van der Waals surface area contributed by atoms with Crippen molar-refractivity contribution in [2.45, 2.75) is 39.7 Å². The SMILES string of the molecule is Cc1cccc(NCC2NCCCC2(C)C)c1[N+](=O)[O-]. The van der Waals surface area contributed by atoms with Crippen molar-refractivity contribution in [3.05, 3.63) is 33.9 Å². The zero-order valence-electron chi connectivity index (χ0n) is 12.4. The number of para-hydroxylation sites is 1. The first-order chi connectivity index (χ1) is 9.42. The summed E-state index contributed by atoms with van der Waals surface area (Å²) in [5.41, 5.74) is 1.69. The van der Waals surface area contributed by atoms with E-state index >= 15 is 0 Å². The van der Waals surface area contributed by atoms with Crippen LogP contribution in [0.25, 0.3) is 0 Å². The second kappa shape index (κ2) is 5.79. The summed E-state index contributed by atoms with van der Waals surface area (Å²) in [6, 6.07) is 5.73. The Balaban J connectivity index is 2.11. The standard InChI is InChI=1S/C15H23N3O2/c1-11-6-4-7-12(14(11)18(19)20)17-10-13-15(2,3)8-5-9-16-13/h4,6-7,13,16-17H,5,8-10H2,1-3H3. The molecule has 1 unspecified atom stereocenters. The van der Waals surface area contributed by atoms with Crippen molar-refractivity contribution in [3.8, 4) is 0 Å². The van der Waals surface area contributed by atoms with Gasteiger partial charge in [-0.1, -0.05) is 26.0 Å². The van der Waals surface area contributed by atoms with E-state index in [1.54, 1.807) is 19.1 Å². The molecule has 1 fully saturated rings. The molecule has 20 heavy (non-hydrogen) atoms. The summed E-state index contributed by atoms with van der Waals surface area (Å²) in [4.78, 5) is 10.9. The van der Waals surface area contributed by atoms with Gasteiger partial charge in [-0.2, -0.15) is 0 Å². The Kier molecular flexibility index (Phi) is 4.28. The zero-order chi connectivity index (χ0) is 14.8. The summed E-state index contributed by atoms with van der Waals surface area (Å²) in [7, 11) is 0. The van der Waals surface area contributed by atoms with E-state index in [1.165, 1.54) is 12.8 Å². The van der Waals surface area contributed by atoms with Crippen LogP contribution in [0.1, 0.15) is 32.3 Å². The molecule has 2 rings (SSSR count). The average molecular weight is 277 g/mol. The summed E-state index contributed by atoms with van der Waals surface area (Å²) in [6.45, 7) is 7.99. The van der Waals surface area contributed by atoms with Crippen LogP contribution in [0.5, 0.6) is 0 Å². The van der Waals surface area contributed by atoms with Crippen molar-refractivity contribution in [3.63, 3.8) is 0 Å². The van der Waals surface area contributed by atoms with Gasteiger partial charge in [-0.3, -0.25) is 10.1 Å². The first kappa shape index (κ1) is 14.8. The number of nitro benzene ring substituents is 1. The van der Waals surface area contributed by atoms with Gasteiger partial charge in [0.1, 0.15) is 5.69 Å². The summed E-state index contributed by atoms with van der Waals surface area (Å²) < 4.78 is 0. The second-order valence-corrected chi connectivity index (χ2v) is 6.21. The summed E-state index contributed by atoms with van der Waals surface area (Å²) in [5, 5.41) is 17.9. The van der Waals surface area contributed by atoms with Gasteiger partial charge in [0.25, 0.3) is 5.69 Å². The first-order valence-corrected chi connectivity index (χ1v) is 7.13. The largest absolute Gasteiger partial charge is 0.378 e. The van der Waals surface area contributed by atoms with Crippen molar-refractivity contribution >= 4 is 11.4 Å². The molecular weight excluding hydrogens is 254 g/mol. The quantitative estimate of drug-likeness (QED) is 0.655. The van der Waals surface area contributed by atoms with Gasteiger partial charge in [-0.05, 0) is 37.8 Å². The molecule has 110 valence electrons.